The molecule has 1 N–H and O–H groups in total. The molecule has 0 aromatic heterocycles. The number of ether oxygens (including phenoxy) is 2. The van der Waals surface area contributed by atoms with Crippen molar-refractivity contribution in [3.8, 4) is 11.5 Å². The van der Waals surface area contributed by atoms with E-state index in [-0.39, 0.29) is 12.2 Å². The zero-order chi connectivity index (χ0) is 25.1. The van der Waals surface area contributed by atoms with Gasteiger partial charge in [0.15, 0.2) is 11.5 Å². The maximum atomic E-state index is 13.1. The molecule has 9 heteroatoms. The molecule has 3 aromatic rings. The van der Waals surface area contributed by atoms with Crippen molar-refractivity contribution in [1.82, 2.24) is 5.32 Å². The molecule has 0 saturated carbocycles. The standard InChI is InChI=1S/C26H20Cl2N2O5/c1-15-5-3-4-6-21(15)30-25(32)18(24(31)29-26(30)33)11-16-8-10-22(23(13-16)34-2)35-14-17-7-9-19(27)20(28)12-17/h3-13H,14H2,1-2H3,(H,29,31,33)/b18-11+. The smallest absolute Gasteiger partial charge is 0.335 e. The number of nitrogens with zero attached hydrogens (tertiary/aromatic N) is 1. The molecular formula is C26H20Cl2N2O5. The largest absolute Gasteiger partial charge is 0.493 e. The second-order valence-electron chi connectivity index (χ2n) is 7.69. The third-order valence-electron chi connectivity index (χ3n) is 5.34. The first-order valence-electron chi connectivity index (χ1n) is 10.5. The highest BCUT2D eigenvalue weighted by atomic mass is 35.5. The summed E-state index contributed by atoms with van der Waals surface area (Å²) in [5, 5.41) is 3.10. The molecular weight excluding hydrogens is 491 g/mol. The number of rotatable bonds is 6. The Kier molecular flexibility index (Phi) is 7.10. The molecule has 4 rings (SSSR count). The number of urea groups is 1. The van der Waals surface area contributed by atoms with Crippen molar-refractivity contribution in [2.75, 3.05) is 12.0 Å². The third kappa shape index (κ3) is 5.16. The molecule has 0 bridgehead atoms. The lowest BCUT2D eigenvalue weighted by Gasteiger charge is -2.27. The Morgan fingerprint density at radius 2 is 1.71 bits per heavy atom. The van der Waals surface area contributed by atoms with Gasteiger partial charge in [0.2, 0.25) is 0 Å². The van der Waals surface area contributed by atoms with Gasteiger partial charge in [-0.3, -0.25) is 14.9 Å². The fourth-order valence-electron chi connectivity index (χ4n) is 3.54. The molecule has 3 aromatic carbocycles. The van der Waals surface area contributed by atoms with Crippen molar-refractivity contribution >= 4 is 52.8 Å². The van der Waals surface area contributed by atoms with Crippen LogP contribution < -0.4 is 19.7 Å². The number of halogens is 2. The Hall–Kier alpha value is -3.81. The van der Waals surface area contributed by atoms with E-state index in [0.717, 1.165) is 16.0 Å². The minimum Gasteiger partial charge on any atom is -0.493 e. The summed E-state index contributed by atoms with van der Waals surface area (Å²) >= 11 is 12.0. The maximum Gasteiger partial charge on any atom is 0.335 e. The summed E-state index contributed by atoms with van der Waals surface area (Å²) in [6, 6.07) is 16.3. The molecule has 0 aliphatic carbocycles. The summed E-state index contributed by atoms with van der Waals surface area (Å²) in [4.78, 5) is 39.0. The summed E-state index contributed by atoms with van der Waals surface area (Å²) in [6.45, 7) is 2.00. The van der Waals surface area contributed by atoms with E-state index in [2.05, 4.69) is 5.32 Å². The van der Waals surface area contributed by atoms with Gasteiger partial charge in [-0.25, -0.2) is 9.69 Å². The number of amides is 4. The monoisotopic (exact) mass is 510 g/mol. The van der Waals surface area contributed by atoms with Gasteiger partial charge in [-0.1, -0.05) is 53.5 Å². The van der Waals surface area contributed by atoms with Gasteiger partial charge in [-0.2, -0.15) is 0 Å². The predicted octanol–water partition coefficient (Wildman–Crippen LogP) is 5.56. The van der Waals surface area contributed by atoms with Gasteiger partial charge in [-0.05, 0) is 60.0 Å². The van der Waals surface area contributed by atoms with Gasteiger partial charge in [0.25, 0.3) is 11.8 Å². The molecule has 0 spiro atoms. The van der Waals surface area contributed by atoms with Crippen LogP contribution in [0, 0.1) is 6.92 Å². The van der Waals surface area contributed by atoms with Crippen molar-refractivity contribution in [2.24, 2.45) is 0 Å². The molecule has 35 heavy (non-hydrogen) atoms. The molecule has 178 valence electrons. The average molecular weight is 511 g/mol. The number of hydrogen-bond acceptors (Lipinski definition) is 5. The van der Waals surface area contributed by atoms with E-state index in [4.69, 9.17) is 32.7 Å². The van der Waals surface area contributed by atoms with Crippen LogP contribution in [0.4, 0.5) is 10.5 Å². The Bertz CT molecular complexity index is 1370. The van der Waals surface area contributed by atoms with E-state index in [1.807, 2.05) is 0 Å². The zero-order valence-electron chi connectivity index (χ0n) is 18.8. The number of nitrogens with one attached hydrogen (secondary N) is 1. The van der Waals surface area contributed by atoms with Gasteiger partial charge in [0.05, 0.1) is 22.8 Å². The zero-order valence-corrected chi connectivity index (χ0v) is 20.3. The number of anilines is 1. The molecule has 0 unspecified atom stereocenters. The second kappa shape index (κ2) is 10.2. The number of benzene rings is 3. The van der Waals surface area contributed by atoms with E-state index in [9.17, 15) is 14.4 Å². The molecule has 1 aliphatic heterocycles. The van der Waals surface area contributed by atoms with Crippen molar-refractivity contribution < 1.29 is 23.9 Å². The molecule has 1 saturated heterocycles. The number of barbiturate groups is 1. The van der Waals surface area contributed by atoms with Crippen LogP contribution in [0.3, 0.4) is 0 Å². The van der Waals surface area contributed by atoms with E-state index >= 15 is 0 Å². The number of hydrogen-bond donors (Lipinski definition) is 1. The van der Waals surface area contributed by atoms with Crippen molar-refractivity contribution in [2.45, 2.75) is 13.5 Å². The van der Waals surface area contributed by atoms with Gasteiger partial charge < -0.3 is 9.47 Å². The number of imide groups is 2. The first kappa shape index (κ1) is 24.3. The number of para-hydroxylation sites is 1. The molecule has 0 atom stereocenters. The van der Waals surface area contributed by atoms with Crippen LogP contribution in [0.15, 0.2) is 66.2 Å². The molecule has 4 amide bonds. The Labute approximate surface area is 211 Å². The van der Waals surface area contributed by atoms with Crippen LogP contribution in [-0.4, -0.2) is 25.0 Å². The van der Waals surface area contributed by atoms with E-state index in [1.54, 1.807) is 67.6 Å². The van der Waals surface area contributed by atoms with E-state index in [1.165, 1.54) is 13.2 Å². The summed E-state index contributed by atoms with van der Waals surface area (Å²) in [5.74, 6) is -0.637. The topological polar surface area (TPSA) is 84.9 Å². The number of aryl methyl sites for hydroxylation is 1. The Morgan fingerprint density at radius 1 is 0.943 bits per heavy atom. The highest BCUT2D eigenvalue weighted by Crippen LogP contribution is 2.31. The highest BCUT2D eigenvalue weighted by molar-refractivity contribution is 6.42. The second-order valence-corrected chi connectivity index (χ2v) is 8.51. The van der Waals surface area contributed by atoms with Gasteiger partial charge >= 0.3 is 6.03 Å². The molecule has 1 heterocycles. The summed E-state index contributed by atoms with van der Waals surface area (Å²) in [5.41, 5.74) is 2.27. The Morgan fingerprint density at radius 3 is 2.43 bits per heavy atom. The summed E-state index contributed by atoms with van der Waals surface area (Å²) in [7, 11) is 1.48. The third-order valence-corrected chi connectivity index (χ3v) is 6.07. The lowest BCUT2D eigenvalue weighted by Crippen LogP contribution is -2.54. The van der Waals surface area contributed by atoms with Crippen LogP contribution in [0.25, 0.3) is 6.08 Å². The number of carbonyl (C=O) groups excluding carboxylic acids is 3. The maximum absolute atomic E-state index is 13.1. The van der Waals surface area contributed by atoms with Crippen LogP contribution in [-0.2, 0) is 16.2 Å². The predicted molar refractivity (Wildman–Crippen MR) is 134 cm³/mol. The van der Waals surface area contributed by atoms with Crippen LogP contribution in [0.1, 0.15) is 16.7 Å². The fourth-order valence-corrected chi connectivity index (χ4v) is 3.86. The van der Waals surface area contributed by atoms with Crippen molar-refractivity contribution in [3.05, 3.63) is 93.0 Å². The SMILES string of the molecule is COc1cc(/C=C2\C(=O)NC(=O)N(c3ccccc3C)C2=O)ccc1OCc1ccc(Cl)c(Cl)c1. The molecule has 1 aliphatic rings. The first-order valence-corrected chi connectivity index (χ1v) is 11.3. The van der Waals surface area contributed by atoms with Crippen LogP contribution >= 0.6 is 23.2 Å². The number of methoxy groups -OCH3 is 1. The fraction of sp³-hybridized carbons (Fsp3) is 0.115. The average Bonchev–Trinajstić information content (AvgIpc) is 2.84. The quantitative estimate of drug-likeness (QED) is 0.346. The van der Waals surface area contributed by atoms with Crippen LogP contribution in [0.2, 0.25) is 10.0 Å². The first-order chi connectivity index (χ1) is 16.8. The molecule has 7 nitrogen and oxygen atoms in total. The normalized spacial score (nSPS) is 14.8. The van der Waals surface area contributed by atoms with Gasteiger partial charge in [0, 0.05) is 0 Å². The van der Waals surface area contributed by atoms with Gasteiger partial charge in [0.1, 0.15) is 12.2 Å². The highest BCUT2D eigenvalue weighted by Gasteiger charge is 2.37. The molecule has 1 fully saturated rings. The van der Waals surface area contributed by atoms with Gasteiger partial charge in [-0.15, -0.1) is 0 Å². The number of carbonyl (C=O) groups is 3. The minimum atomic E-state index is -0.796. The van der Waals surface area contributed by atoms with Crippen molar-refractivity contribution in [3.63, 3.8) is 0 Å². The van der Waals surface area contributed by atoms with Crippen LogP contribution in [0.5, 0.6) is 11.5 Å². The summed E-state index contributed by atoms with van der Waals surface area (Å²) in [6.07, 6.45) is 1.40. The Balaban J connectivity index is 1.59. The lowest BCUT2D eigenvalue weighted by molar-refractivity contribution is -0.122. The summed E-state index contributed by atoms with van der Waals surface area (Å²) < 4.78 is 11.3. The van der Waals surface area contributed by atoms with E-state index in [0.29, 0.717) is 32.8 Å². The van der Waals surface area contributed by atoms with Crippen molar-refractivity contribution in [1.29, 1.82) is 0 Å². The van der Waals surface area contributed by atoms with E-state index < -0.39 is 17.8 Å². The lowest BCUT2D eigenvalue weighted by atomic mass is 10.1. The minimum absolute atomic E-state index is 0.181. The molecule has 0 radical (unpaired) electrons.